The third kappa shape index (κ3) is 2.38. The van der Waals surface area contributed by atoms with Crippen molar-refractivity contribution < 1.29 is 9.13 Å². The summed E-state index contributed by atoms with van der Waals surface area (Å²) >= 11 is 0. The Bertz CT molecular complexity index is 635. The fourth-order valence-electron chi connectivity index (χ4n) is 1.42. The first kappa shape index (κ1) is 11.9. The maximum Gasteiger partial charge on any atom is 0.242 e. The first-order chi connectivity index (χ1) is 8.60. The van der Waals surface area contributed by atoms with E-state index in [9.17, 15) is 4.39 Å². The van der Waals surface area contributed by atoms with Crippen LogP contribution in [-0.2, 0) is 0 Å². The smallest absolute Gasteiger partial charge is 0.242 e. The fourth-order valence-corrected chi connectivity index (χ4v) is 1.42. The van der Waals surface area contributed by atoms with E-state index in [1.165, 1.54) is 12.1 Å². The van der Waals surface area contributed by atoms with Crippen LogP contribution in [0.15, 0.2) is 30.5 Å². The van der Waals surface area contributed by atoms with Gasteiger partial charge in [-0.3, -0.25) is 0 Å². The monoisotopic (exact) mass is 243 g/mol. The molecular formula is C13H10FN3O. The average molecular weight is 243 g/mol. The molecule has 90 valence electrons. The average Bonchev–Trinajstić information content (AvgIpc) is 2.34. The second-order valence-corrected chi connectivity index (χ2v) is 3.77. The molecule has 0 aliphatic heterocycles. The van der Waals surface area contributed by atoms with Gasteiger partial charge in [-0.05, 0) is 36.8 Å². The number of aromatic nitrogens is 1. The summed E-state index contributed by atoms with van der Waals surface area (Å²) in [5, 5.41) is 8.63. The first-order valence-electron chi connectivity index (χ1n) is 5.20. The van der Waals surface area contributed by atoms with Crippen LogP contribution in [0.25, 0.3) is 0 Å². The zero-order chi connectivity index (χ0) is 13.1. The molecule has 5 heteroatoms. The fraction of sp³-hybridized carbons (Fsp3) is 0.0769. The molecule has 1 aromatic carbocycles. The molecule has 0 spiro atoms. The van der Waals surface area contributed by atoms with Crippen molar-refractivity contribution in [3.05, 3.63) is 47.4 Å². The summed E-state index contributed by atoms with van der Waals surface area (Å²) in [6.45, 7) is 1.84. The van der Waals surface area contributed by atoms with Crippen molar-refractivity contribution in [1.29, 1.82) is 5.26 Å². The lowest BCUT2D eigenvalue weighted by Gasteiger charge is -2.08. The van der Waals surface area contributed by atoms with Crippen LogP contribution >= 0.6 is 0 Å². The van der Waals surface area contributed by atoms with Gasteiger partial charge in [-0.2, -0.15) is 5.26 Å². The van der Waals surface area contributed by atoms with Gasteiger partial charge in [-0.1, -0.05) is 0 Å². The van der Waals surface area contributed by atoms with Crippen molar-refractivity contribution in [3.8, 4) is 17.7 Å². The molecule has 0 radical (unpaired) electrons. The van der Waals surface area contributed by atoms with E-state index < -0.39 is 5.82 Å². The van der Waals surface area contributed by atoms with Crippen molar-refractivity contribution in [2.75, 3.05) is 5.73 Å². The Morgan fingerprint density at radius 2 is 2.17 bits per heavy atom. The predicted molar refractivity (Wildman–Crippen MR) is 64.6 cm³/mol. The van der Waals surface area contributed by atoms with Crippen LogP contribution in [0.3, 0.4) is 0 Å². The van der Waals surface area contributed by atoms with Gasteiger partial charge in [0.05, 0.1) is 17.3 Å². The maximum atomic E-state index is 13.6. The molecule has 1 aromatic heterocycles. The van der Waals surface area contributed by atoms with E-state index >= 15 is 0 Å². The van der Waals surface area contributed by atoms with Crippen LogP contribution in [0.1, 0.15) is 11.1 Å². The summed E-state index contributed by atoms with van der Waals surface area (Å²) in [7, 11) is 0. The lowest BCUT2D eigenvalue weighted by molar-refractivity contribution is 0.429. The van der Waals surface area contributed by atoms with Crippen molar-refractivity contribution in [2.45, 2.75) is 6.92 Å². The highest BCUT2D eigenvalue weighted by Gasteiger charge is 2.09. The Balaban J connectivity index is 2.32. The molecule has 4 nitrogen and oxygen atoms in total. The maximum absolute atomic E-state index is 13.6. The van der Waals surface area contributed by atoms with E-state index in [-0.39, 0.29) is 17.2 Å². The second-order valence-electron chi connectivity index (χ2n) is 3.77. The normalized spacial score (nSPS) is 9.83. The van der Waals surface area contributed by atoms with Gasteiger partial charge in [0.25, 0.3) is 0 Å². The Morgan fingerprint density at radius 3 is 2.78 bits per heavy atom. The molecule has 1 heterocycles. The van der Waals surface area contributed by atoms with Gasteiger partial charge in [0, 0.05) is 6.20 Å². The number of anilines is 1. The number of hydrogen-bond acceptors (Lipinski definition) is 4. The van der Waals surface area contributed by atoms with Gasteiger partial charge in [0.2, 0.25) is 5.88 Å². The van der Waals surface area contributed by atoms with Crippen molar-refractivity contribution in [3.63, 3.8) is 0 Å². The molecule has 0 unspecified atom stereocenters. The number of aryl methyl sites for hydroxylation is 1. The van der Waals surface area contributed by atoms with Crippen LogP contribution < -0.4 is 10.5 Å². The minimum atomic E-state index is -0.629. The van der Waals surface area contributed by atoms with E-state index in [0.717, 1.165) is 11.6 Å². The number of nitrogens with zero attached hydrogens (tertiary/aromatic N) is 2. The molecule has 2 aromatic rings. The summed E-state index contributed by atoms with van der Waals surface area (Å²) < 4.78 is 18.9. The van der Waals surface area contributed by atoms with Crippen LogP contribution in [0.4, 0.5) is 10.1 Å². The number of rotatable bonds is 2. The number of hydrogen-bond donors (Lipinski definition) is 1. The molecule has 0 saturated carbocycles. The standard InChI is InChI=1S/C13H10FN3O/c1-8-4-11(16)13(17-7-8)18-12-3-2-9(6-15)5-10(12)14/h2-5,7H,16H2,1H3. The van der Waals surface area contributed by atoms with Crippen LogP contribution in [0.5, 0.6) is 11.6 Å². The lowest BCUT2D eigenvalue weighted by Crippen LogP contribution is -1.97. The minimum absolute atomic E-state index is 0.0166. The summed E-state index contributed by atoms with van der Waals surface area (Å²) in [6.07, 6.45) is 1.58. The van der Waals surface area contributed by atoms with Crippen molar-refractivity contribution >= 4 is 5.69 Å². The summed E-state index contributed by atoms with van der Waals surface area (Å²) in [6, 6.07) is 7.45. The Hall–Kier alpha value is -2.61. The van der Waals surface area contributed by atoms with Gasteiger partial charge >= 0.3 is 0 Å². The molecule has 0 amide bonds. The number of halogens is 1. The molecular weight excluding hydrogens is 233 g/mol. The van der Waals surface area contributed by atoms with Crippen LogP contribution in [0, 0.1) is 24.1 Å². The topological polar surface area (TPSA) is 71.9 Å². The van der Waals surface area contributed by atoms with Gasteiger partial charge in [0.1, 0.15) is 0 Å². The lowest BCUT2D eigenvalue weighted by atomic mass is 10.2. The van der Waals surface area contributed by atoms with Crippen molar-refractivity contribution in [1.82, 2.24) is 4.98 Å². The van der Waals surface area contributed by atoms with E-state index in [1.54, 1.807) is 12.3 Å². The zero-order valence-corrected chi connectivity index (χ0v) is 9.64. The highest BCUT2D eigenvalue weighted by Crippen LogP contribution is 2.27. The second kappa shape index (κ2) is 4.72. The van der Waals surface area contributed by atoms with Gasteiger partial charge in [-0.15, -0.1) is 0 Å². The number of pyridine rings is 1. The zero-order valence-electron chi connectivity index (χ0n) is 9.64. The van der Waals surface area contributed by atoms with Crippen LogP contribution in [-0.4, -0.2) is 4.98 Å². The highest BCUT2D eigenvalue weighted by molar-refractivity contribution is 5.51. The molecule has 0 aliphatic carbocycles. The SMILES string of the molecule is Cc1cnc(Oc2ccc(C#N)cc2F)c(N)c1. The van der Waals surface area contributed by atoms with E-state index in [1.807, 2.05) is 13.0 Å². The third-order valence-electron chi connectivity index (χ3n) is 2.28. The molecule has 2 rings (SSSR count). The molecule has 2 N–H and O–H groups in total. The van der Waals surface area contributed by atoms with E-state index in [0.29, 0.717) is 5.69 Å². The van der Waals surface area contributed by atoms with Crippen molar-refractivity contribution in [2.24, 2.45) is 0 Å². The summed E-state index contributed by atoms with van der Waals surface area (Å²) in [5.41, 5.74) is 7.16. The third-order valence-corrected chi connectivity index (χ3v) is 2.28. The Morgan fingerprint density at radius 1 is 1.39 bits per heavy atom. The molecule has 0 aliphatic rings. The van der Waals surface area contributed by atoms with Gasteiger partial charge in [-0.25, -0.2) is 9.37 Å². The number of nitrogens with two attached hydrogens (primary N) is 1. The Kier molecular flexibility index (Phi) is 3.11. The number of nitrogen functional groups attached to an aromatic ring is 1. The first-order valence-corrected chi connectivity index (χ1v) is 5.20. The number of ether oxygens (including phenoxy) is 1. The highest BCUT2D eigenvalue weighted by atomic mass is 19.1. The van der Waals surface area contributed by atoms with Gasteiger partial charge in [0.15, 0.2) is 11.6 Å². The molecule has 0 saturated heterocycles. The number of nitriles is 1. The summed E-state index contributed by atoms with van der Waals surface area (Å²) in [4.78, 5) is 3.98. The predicted octanol–water partition coefficient (Wildman–Crippen LogP) is 2.78. The molecule has 18 heavy (non-hydrogen) atoms. The van der Waals surface area contributed by atoms with Gasteiger partial charge < -0.3 is 10.5 Å². The number of benzene rings is 1. The van der Waals surface area contributed by atoms with E-state index in [4.69, 9.17) is 15.7 Å². The summed E-state index contributed by atoms with van der Waals surface area (Å²) in [5.74, 6) is -0.503. The quantitative estimate of drug-likeness (QED) is 0.880. The van der Waals surface area contributed by atoms with E-state index in [2.05, 4.69) is 4.98 Å². The molecule has 0 fully saturated rings. The molecule has 0 atom stereocenters. The minimum Gasteiger partial charge on any atom is -0.434 e. The largest absolute Gasteiger partial charge is 0.434 e. The van der Waals surface area contributed by atoms with Crippen LogP contribution in [0.2, 0.25) is 0 Å². The molecule has 0 bridgehead atoms. The Labute approximate surface area is 103 Å².